The van der Waals surface area contributed by atoms with Gasteiger partial charge in [-0.15, -0.1) is 10.2 Å². The van der Waals surface area contributed by atoms with E-state index in [1.807, 2.05) is 26.0 Å². The molecule has 2 atom stereocenters. The SMILES string of the molecule is CCC(C)C(NC(=O)c1ccc(OC)cc1OC)C(=O)Nc1nnc(-c2ccc(Cl)cc2)s1. The van der Waals surface area contributed by atoms with Crippen LogP contribution in [0.4, 0.5) is 5.13 Å². The van der Waals surface area contributed by atoms with Crippen LogP contribution in [0.15, 0.2) is 42.5 Å². The van der Waals surface area contributed by atoms with Crippen molar-refractivity contribution in [1.82, 2.24) is 15.5 Å². The van der Waals surface area contributed by atoms with Crippen molar-refractivity contribution >= 4 is 39.9 Å². The lowest BCUT2D eigenvalue weighted by atomic mass is 9.98. The quantitative estimate of drug-likeness (QED) is 0.454. The molecule has 0 aliphatic heterocycles. The van der Waals surface area contributed by atoms with Crippen LogP contribution < -0.4 is 20.1 Å². The van der Waals surface area contributed by atoms with Gasteiger partial charge in [0.2, 0.25) is 11.0 Å². The summed E-state index contributed by atoms with van der Waals surface area (Å²) in [5.74, 6) is -0.000764. The monoisotopic (exact) mass is 488 g/mol. The van der Waals surface area contributed by atoms with Crippen LogP contribution in [0.5, 0.6) is 11.5 Å². The Bertz CT molecular complexity index is 1120. The first-order valence-electron chi connectivity index (χ1n) is 10.3. The molecule has 2 amide bonds. The molecule has 0 saturated heterocycles. The van der Waals surface area contributed by atoms with Crippen molar-refractivity contribution in [1.29, 1.82) is 0 Å². The number of aromatic nitrogens is 2. The molecule has 0 aliphatic carbocycles. The molecule has 2 unspecified atom stereocenters. The second-order valence-corrected chi connectivity index (χ2v) is 8.73. The molecule has 0 fully saturated rings. The third-order valence-corrected chi connectivity index (χ3v) is 6.32. The lowest BCUT2D eigenvalue weighted by molar-refractivity contribution is -0.119. The molecule has 0 saturated carbocycles. The average molecular weight is 489 g/mol. The maximum atomic E-state index is 13.1. The van der Waals surface area contributed by atoms with Gasteiger partial charge in [0.05, 0.1) is 19.8 Å². The summed E-state index contributed by atoms with van der Waals surface area (Å²) >= 11 is 7.17. The van der Waals surface area contributed by atoms with Gasteiger partial charge in [0.15, 0.2) is 0 Å². The minimum absolute atomic E-state index is 0.123. The topological polar surface area (TPSA) is 102 Å². The van der Waals surface area contributed by atoms with Crippen molar-refractivity contribution in [2.75, 3.05) is 19.5 Å². The van der Waals surface area contributed by atoms with Gasteiger partial charge in [-0.25, -0.2) is 0 Å². The Balaban J connectivity index is 1.76. The van der Waals surface area contributed by atoms with Gasteiger partial charge >= 0.3 is 0 Å². The fourth-order valence-electron chi connectivity index (χ4n) is 3.07. The molecular weight excluding hydrogens is 464 g/mol. The van der Waals surface area contributed by atoms with Gasteiger partial charge in [-0.3, -0.25) is 14.9 Å². The van der Waals surface area contributed by atoms with E-state index in [9.17, 15) is 9.59 Å². The number of rotatable bonds is 9. The molecule has 0 radical (unpaired) electrons. The fraction of sp³-hybridized carbons (Fsp3) is 0.304. The van der Waals surface area contributed by atoms with Crippen LogP contribution in [-0.4, -0.2) is 42.3 Å². The third-order valence-electron chi connectivity index (χ3n) is 5.18. The number of methoxy groups -OCH3 is 2. The highest BCUT2D eigenvalue weighted by Crippen LogP contribution is 2.28. The molecule has 1 aromatic heterocycles. The Morgan fingerprint density at radius 1 is 1.09 bits per heavy atom. The number of hydrogen-bond donors (Lipinski definition) is 2. The highest BCUT2D eigenvalue weighted by Gasteiger charge is 2.28. The van der Waals surface area contributed by atoms with E-state index in [-0.39, 0.29) is 11.8 Å². The first-order valence-corrected chi connectivity index (χ1v) is 11.5. The van der Waals surface area contributed by atoms with Crippen LogP contribution in [0.1, 0.15) is 30.6 Å². The summed E-state index contributed by atoms with van der Waals surface area (Å²) < 4.78 is 10.5. The van der Waals surface area contributed by atoms with Crippen LogP contribution in [0.3, 0.4) is 0 Å². The molecule has 0 spiro atoms. The first-order chi connectivity index (χ1) is 15.9. The summed E-state index contributed by atoms with van der Waals surface area (Å²) in [6.07, 6.45) is 0.685. The molecule has 3 aromatic rings. The number of benzene rings is 2. The van der Waals surface area contributed by atoms with Crippen molar-refractivity contribution < 1.29 is 19.1 Å². The summed E-state index contributed by atoms with van der Waals surface area (Å²) in [6.45, 7) is 3.85. The van der Waals surface area contributed by atoms with Crippen LogP contribution in [0.25, 0.3) is 10.6 Å². The summed E-state index contributed by atoms with van der Waals surface area (Å²) in [5, 5.41) is 15.4. The number of nitrogens with one attached hydrogen (secondary N) is 2. The number of hydrogen-bond acceptors (Lipinski definition) is 7. The van der Waals surface area contributed by atoms with Gasteiger partial charge in [0.1, 0.15) is 22.5 Å². The van der Waals surface area contributed by atoms with Gasteiger partial charge in [-0.05, 0) is 30.2 Å². The van der Waals surface area contributed by atoms with Crippen LogP contribution >= 0.6 is 22.9 Å². The molecule has 8 nitrogen and oxygen atoms in total. The van der Waals surface area contributed by atoms with Gasteiger partial charge in [-0.1, -0.05) is 55.3 Å². The van der Waals surface area contributed by atoms with E-state index in [0.29, 0.717) is 38.6 Å². The highest BCUT2D eigenvalue weighted by atomic mass is 35.5. The van der Waals surface area contributed by atoms with E-state index >= 15 is 0 Å². The Kier molecular flexibility index (Phi) is 8.24. The van der Waals surface area contributed by atoms with Crippen molar-refractivity contribution in [3.05, 3.63) is 53.1 Å². The zero-order valence-electron chi connectivity index (χ0n) is 18.7. The van der Waals surface area contributed by atoms with Gasteiger partial charge in [0.25, 0.3) is 5.91 Å². The predicted molar refractivity (Wildman–Crippen MR) is 129 cm³/mol. The van der Waals surface area contributed by atoms with Crippen LogP contribution in [-0.2, 0) is 4.79 Å². The second kappa shape index (κ2) is 11.1. The molecule has 174 valence electrons. The number of carbonyl (C=O) groups is 2. The summed E-state index contributed by atoms with van der Waals surface area (Å²) in [5.41, 5.74) is 1.15. The number of halogens is 1. The summed E-state index contributed by atoms with van der Waals surface area (Å²) in [7, 11) is 3.00. The summed E-state index contributed by atoms with van der Waals surface area (Å²) in [6, 6.07) is 11.3. The van der Waals surface area contributed by atoms with E-state index in [1.165, 1.54) is 25.6 Å². The van der Waals surface area contributed by atoms with Gasteiger partial charge in [-0.2, -0.15) is 0 Å². The number of nitrogens with zero attached hydrogens (tertiary/aromatic N) is 2. The number of ether oxygens (including phenoxy) is 2. The molecule has 10 heteroatoms. The zero-order chi connectivity index (χ0) is 24.0. The number of carbonyl (C=O) groups excluding carboxylic acids is 2. The van der Waals surface area contributed by atoms with E-state index in [0.717, 1.165) is 5.56 Å². The smallest absolute Gasteiger partial charge is 0.255 e. The lowest BCUT2D eigenvalue weighted by Crippen LogP contribution is -2.47. The molecule has 0 bridgehead atoms. The molecule has 3 rings (SSSR count). The summed E-state index contributed by atoms with van der Waals surface area (Å²) in [4.78, 5) is 26.0. The lowest BCUT2D eigenvalue weighted by Gasteiger charge is -2.23. The highest BCUT2D eigenvalue weighted by molar-refractivity contribution is 7.18. The van der Waals surface area contributed by atoms with E-state index < -0.39 is 11.9 Å². The molecule has 2 N–H and O–H groups in total. The predicted octanol–water partition coefficient (Wildman–Crippen LogP) is 4.66. The average Bonchev–Trinajstić information content (AvgIpc) is 3.30. The van der Waals surface area contributed by atoms with E-state index in [2.05, 4.69) is 20.8 Å². The molecule has 0 aliphatic rings. The minimum Gasteiger partial charge on any atom is -0.497 e. The van der Waals surface area contributed by atoms with Crippen LogP contribution in [0.2, 0.25) is 5.02 Å². The molecule has 1 heterocycles. The normalized spacial score (nSPS) is 12.5. The number of anilines is 1. The largest absolute Gasteiger partial charge is 0.497 e. The van der Waals surface area contributed by atoms with Gasteiger partial charge < -0.3 is 14.8 Å². The van der Waals surface area contributed by atoms with E-state index in [4.69, 9.17) is 21.1 Å². The van der Waals surface area contributed by atoms with Crippen LogP contribution in [0, 0.1) is 5.92 Å². The molecular formula is C23H25ClN4O4S. The number of amides is 2. The third kappa shape index (κ3) is 6.00. The fourth-order valence-corrected chi connectivity index (χ4v) is 3.95. The Labute approximate surface area is 201 Å². The Morgan fingerprint density at radius 2 is 1.82 bits per heavy atom. The van der Waals surface area contributed by atoms with Crippen molar-refractivity contribution in [3.8, 4) is 22.1 Å². The van der Waals surface area contributed by atoms with Gasteiger partial charge in [0, 0.05) is 16.7 Å². The minimum atomic E-state index is -0.780. The van der Waals surface area contributed by atoms with Crippen molar-refractivity contribution in [2.45, 2.75) is 26.3 Å². The molecule has 2 aromatic carbocycles. The first kappa shape index (κ1) is 24.5. The standard InChI is InChI=1S/C23H25ClN4O4S/c1-5-13(2)19(25-20(29)17-11-10-16(31-3)12-18(17)32-4)21(30)26-23-28-27-22(33-23)14-6-8-15(24)9-7-14/h6-13,19H,5H2,1-4H3,(H,25,29)(H,26,28,30). The van der Waals surface area contributed by atoms with Crippen molar-refractivity contribution in [2.24, 2.45) is 5.92 Å². The maximum Gasteiger partial charge on any atom is 0.255 e. The second-order valence-electron chi connectivity index (χ2n) is 7.31. The zero-order valence-corrected chi connectivity index (χ0v) is 20.3. The Hall–Kier alpha value is -3.17. The van der Waals surface area contributed by atoms with E-state index in [1.54, 1.807) is 30.3 Å². The molecule has 33 heavy (non-hydrogen) atoms. The maximum absolute atomic E-state index is 13.1. The van der Waals surface area contributed by atoms with Crippen molar-refractivity contribution in [3.63, 3.8) is 0 Å². The Morgan fingerprint density at radius 3 is 2.45 bits per heavy atom.